The number of fused-ring (bicyclic) bond motifs is 5. The molecule has 0 N–H and O–H groups in total. The van der Waals surface area contributed by atoms with Crippen molar-refractivity contribution < 1.29 is 17.6 Å². The molecule has 7 rings (SSSR count). The number of halogens is 4. The van der Waals surface area contributed by atoms with E-state index in [9.17, 15) is 14.0 Å². The Labute approximate surface area is 244 Å². The minimum absolute atomic E-state index is 0.170. The molecule has 0 aliphatic carbocycles. The minimum Gasteiger partial charge on any atom is -0.247 e. The normalized spacial score (nSPS) is 11.2. The lowest BCUT2D eigenvalue weighted by molar-refractivity contribution is 0.454. The summed E-state index contributed by atoms with van der Waals surface area (Å²) >= 11 is 1.04. The van der Waals surface area contributed by atoms with Crippen molar-refractivity contribution >= 4 is 44.4 Å². The fraction of sp³-hybridized carbons (Fsp3) is 0. The van der Waals surface area contributed by atoms with Gasteiger partial charge in [0.15, 0.2) is 23.3 Å². The van der Waals surface area contributed by atoms with Crippen molar-refractivity contribution in [2.24, 2.45) is 0 Å². The monoisotopic (exact) mass is 587 g/mol. The highest BCUT2D eigenvalue weighted by molar-refractivity contribution is 7.00. The number of hydrogen-bond donors (Lipinski definition) is 0. The Morgan fingerprint density at radius 2 is 1.30 bits per heavy atom. The second-order valence-corrected chi connectivity index (χ2v) is 10.2. The van der Waals surface area contributed by atoms with Gasteiger partial charge >= 0.3 is 0 Å². The van der Waals surface area contributed by atoms with Crippen LogP contribution in [0.2, 0.25) is 0 Å². The van der Waals surface area contributed by atoms with E-state index < -0.39 is 34.4 Å². The van der Waals surface area contributed by atoms with E-state index in [1.165, 1.54) is 12.1 Å². The van der Waals surface area contributed by atoms with Crippen LogP contribution >= 0.6 is 11.7 Å². The van der Waals surface area contributed by atoms with Crippen LogP contribution in [0.3, 0.4) is 0 Å². The highest BCUT2D eigenvalue weighted by atomic mass is 32.1. The van der Waals surface area contributed by atoms with Crippen LogP contribution in [0.4, 0.5) is 17.6 Å². The van der Waals surface area contributed by atoms with Gasteiger partial charge in [0, 0.05) is 27.3 Å². The molecule has 0 bridgehead atoms. The lowest BCUT2D eigenvalue weighted by Gasteiger charge is -2.15. The van der Waals surface area contributed by atoms with Crippen LogP contribution in [0.25, 0.3) is 66.2 Å². The van der Waals surface area contributed by atoms with E-state index >= 15 is 8.78 Å². The summed E-state index contributed by atoms with van der Waals surface area (Å²) in [7, 11) is 0. The van der Waals surface area contributed by atoms with Crippen LogP contribution in [-0.4, -0.2) is 13.7 Å². The molecule has 0 saturated carbocycles. The quantitative estimate of drug-likeness (QED) is 0.117. The van der Waals surface area contributed by atoms with E-state index in [-0.39, 0.29) is 11.1 Å². The van der Waals surface area contributed by atoms with Gasteiger partial charge in [-0.1, -0.05) is 54.6 Å². The molecule has 0 aliphatic heterocycles. The van der Waals surface area contributed by atoms with Crippen LogP contribution in [0, 0.1) is 45.9 Å². The van der Waals surface area contributed by atoms with Gasteiger partial charge in [-0.05, 0) is 35.4 Å². The predicted molar refractivity (Wildman–Crippen MR) is 156 cm³/mol. The first-order valence-electron chi connectivity index (χ1n) is 12.8. The van der Waals surface area contributed by atoms with Crippen molar-refractivity contribution in [3.05, 3.63) is 113 Å². The maximum atomic E-state index is 15.0. The van der Waals surface area contributed by atoms with Crippen molar-refractivity contribution in [1.29, 1.82) is 10.5 Å². The van der Waals surface area contributed by atoms with E-state index in [1.54, 1.807) is 30.3 Å². The molecule has 43 heavy (non-hydrogen) atoms. The molecule has 5 aromatic carbocycles. The molecule has 0 amide bonds. The van der Waals surface area contributed by atoms with Crippen molar-refractivity contribution in [2.75, 3.05) is 0 Å². The standard InChI is InChI=1S/C33H13F4N5S/c34-27-23(15-39)28(35)30(37)25(29(27)36)19-10-11-20-24(12-19)40-31(18-8-6-16(14-38)7-9-18)22-13-21(17-4-2-1-3-5-17)32-33(26(20)22)42-43-41-32/h1-13H. The zero-order valence-electron chi connectivity index (χ0n) is 21.7. The van der Waals surface area contributed by atoms with Crippen LogP contribution < -0.4 is 0 Å². The topological polar surface area (TPSA) is 86.2 Å². The maximum Gasteiger partial charge on any atom is 0.180 e. The molecular formula is C33H13F4N5S. The van der Waals surface area contributed by atoms with E-state index in [0.29, 0.717) is 38.6 Å². The molecule has 0 saturated heterocycles. The van der Waals surface area contributed by atoms with Crippen LogP contribution in [0.5, 0.6) is 0 Å². The van der Waals surface area contributed by atoms with Gasteiger partial charge < -0.3 is 0 Å². The Kier molecular flexibility index (Phi) is 6.08. The van der Waals surface area contributed by atoms with Crippen LogP contribution in [0.15, 0.2) is 78.9 Å². The molecule has 0 radical (unpaired) electrons. The van der Waals surface area contributed by atoms with Gasteiger partial charge in [-0.25, -0.2) is 22.5 Å². The summed E-state index contributed by atoms with van der Waals surface area (Å²) < 4.78 is 68.3. The Bertz CT molecular complexity index is 2330. The molecule has 0 aliphatic rings. The van der Waals surface area contributed by atoms with E-state index in [2.05, 4.69) is 14.8 Å². The van der Waals surface area contributed by atoms with Crippen molar-refractivity contribution in [3.63, 3.8) is 0 Å². The fourth-order valence-corrected chi connectivity index (χ4v) is 5.88. The Hall–Kier alpha value is -5.71. The largest absolute Gasteiger partial charge is 0.247 e. The summed E-state index contributed by atoms with van der Waals surface area (Å²) in [6.07, 6.45) is 0. The van der Waals surface area contributed by atoms with Gasteiger partial charge in [-0.15, -0.1) is 0 Å². The highest BCUT2D eigenvalue weighted by Crippen LogP contribution is 2.42. The molecule has 5 nitrogen and oxygen atoms in total. The summed E-state index contributed by atoms with van der Waals surface area (Å²) in [4.78, 5) is 4.87. The first kappa shape index (κ1) is 26.2. The van der Waals surface area contributed by atoms with Crippen molar-refractivity contribution in [3.8, 4) is 45.6 Å². The molecule has 2 heterocycles. The van der Waals surface area contributed by atoms with Crippen LogP contribution in [0.1, 0.15) is 11.1 Å². The molecule has 0 unspecified atom stereocenters. The van der Waals surface area contributed by atoms with Gasteiger partial charge in [0.2, 0.25) is 0 Å². The van der Waals surface area contributed by atoms with Crippen LogP contribution in [-0.2, 0) is 0 Å². The third-order valence-electron chi connectivity index (χ3n) is 7.33. The number of benzene rings is 5. The molecular weight excluding hydrogens is 574 g/mol. The third-order valence-corrected chi connectivity index (χ3v) is 7.86. The number of nitriles is 2. The number of pyridine rings is 1. The maximum absolute atomic E-state index is 15.0. The van der Waals surface area contributed by atoms with Crippen molar-refractivity contribution in [1.82, 2.24) is 13.7 Å². The van der Waals surface area contributed by atoms with Gasteiger partial charge in [0.1, 0.15) is 22.7 Å². The zero-order chi connectivity index (χ0) is 29.8. The smallest absolute Gasteiger partial charge is 0.180 e. The Morgan fingerprint density at radius 1 is 0.628 bits per heavy atom. The number of rotatable bonds is 3. The minimum atomic E-state index is -1.77. The van der Waals surface area contributed by atoms with Gasteiger partial charge in [-0.2, -0.15) is 19.3 Å². The summed E-state index contributed by atoms with van der Waals surface area (Å²) in [5, 5.41) is 20.3. The average molecular weight is 588 g/mol. The molecule has 204 valence electrons. The van der Waals surface area contributed by atoms with E-state index in [4.69, 9.17) is 10.2 Å². The summed E-state index contributed by atoms with van der Waals surface area (Å²) in [6.45, 7) is 0. The first-order valence-corrected chi connectivity index (χ1v) is 13.5. The number of hydrogen-bond acceptors (Lipinski definition) is 6. The van der Waals surface area contributed by atoms with Crippen molar-refractivity contribution in [2.45, 2.75) is 0 Å². The molecule has 2 aromatic heterocycles. The second kappa shape index (κ2) is 9.98. The fourth-order valence-electron chi connectivity index (χ4n) is 5.32. The zero-order valence-corrected chi connectivity index (χ0v) is 22.5. The van der Waals surface area contributed by atoms with Gasteiger partial charge in [-0.3, -0.25) is 0 Å². The number of aromatic nitrogens is 3. The molecule has 0 fully saturated rings. The molecule has 10 heteroatoms. The first-order chi connectivity index (χ1) is 20.9. The van der Waals surface area contributed by atoms with Gasteiger partial charge in [0.05, 0.1) is 40.1 Å². The van der Waals surface area contributed by atoms with E-state index in [0.717, 1.165) is 34.3 Å². The second-order valence-electron chi connectivity index (χ2n) is 9.67. The van der Waals surface area contributed by atoms with Gasteiger partial charge in [0.25, 0.3) is 0 Å². The molecule has 0 atom stereocenters. The van der Waals surface area contributed by atoms with E-state index in [1.807, 2.05) is 36.4 Å². The summed E-state index contributed by atoms with van der Waals surface area (Å²) in [6, 6.07) is 25.9. The number of nitrogens with zero attached hydrogens (tertiary/aromatic N) is 5. The molecule has 7 aromatic rings. The summed E-state index contributed by atoms with van der Waals surface area (Å²) in [5.41, 5.74) is 2.41. The highest BCUT2D eigenvalue weighted by Gasteiger charge is 2.27. The summed E-state index contributed by atoms with van der Waals surface area (Å²) in [5.74, 6) is -6.90. The lowest BCUT2D eigenvalue weighted by Crippen LogP contribution is -2.04. The lowest BCUT2D eigenvalue weighted by atomic mass is 9.92. The average Bonchev–Trinajstić information content (AvgIpc) is 3.54. The Balaban J connectivity index is 1.59. The molecule has 0 spiro atoms. The third kappa shape index (κ3) is 4.00. The SMILES string of the molecule is N#Cc1ccc(-c2nc3cc(-c4c(F)c(F)c(C#N)c(F)c4F)ccc3c3c2cc(-c2ccccc2)c2nsnc23)cc1. The predicted octanol–water partition coefficient (Wildman–Crippen LogP) is 8.69. The Morgan fingerprint density at radius 3 is 1.98 bits per heavy atom.